The fraction of sp³-hybridized carbons (Fsp3) is 0.500. The molecule has 114 valence electrons. The molecule has 2 rings (SSSR count). The van der Waals surface area contributed by atoms with E-state index in [9.17, 15) is 9.59 Å². The molecule has 0 aliphatic carbocycles. The molecule has 2 amide bonds. The third-order valence-corrected chi connectivity index (χ3v) is 5.78. The molecule has 0 saturated carbocycles. The van der Waals surface area contributed by atoms with E-state index in [4.69, 9.17) is 11.6 Å². The molecule has 1 aromatic carbocycles. The summed E-state index contributed by atoms with van der Waals surface area (Å²) in [5.74, 6) is 0.410. The maximum absolute atomic E-state index is 12.9. The third-order valence-electron chi connectivity index (χ3n) is 3.59. The minimum atomic E-state index is -0.782. The average molecular weight is 326 g/mol. The number of imide groups is 1. The fourth-order valence-electron chi connectivity index (χ4n) is 2.06. The van der Waals surface area contributed by atoms with Gasteiger partial charge in [0, 0.05) is 16.5 Å². The van der Waals surface area contributed by atoms with Crippen LogP contribution in [0.25, 0.3) is 0 Å². The normalized spacial score (nSPS) is 18.1. The number of carbonyl (C=O) groups excluding carboxylic acids is 2. The van der Waals surface area contributed by atoms with Gasteiger partial charge < -0.3 is 0 Å². The van der Waals surface area contributed by atoms with Crippen molar-refractivity contribution >= 4 is 40.9 Å². The molecule has 0 spiro atoms. The number of anilines is 1. The van der Waals surface area contributed by atoms with Crippen molar-refractivity contribution in [1.29, 1.82) is 0 Å². The van der Waals surface area contributed by atoms with Crippen LogP contribution >= 0.6 is 23.4 Å². The Hall–Kier alpha value is -1.00. The van der Waals surface area contributed by atoms with Gasteiger partial charge in [0.15, 0.2) is 0 Å². The Kier molecular flexibility index (Phi) is 4.41. The Morgan fingerprint density at radius 3 is 2.62 bits per heavy atom. The van der Waals surface area contributed by atoms with Gasteiger partial charge >= 0.3 is 0 Å². The van der Waals surface area contributed by atoms with Gasteiger partial charge in [-0.25, -0.2) is 4.90 Å². The Labute approximate surface area is 135 Å². The Bertz CT molecular complexity index is 583. The molecule has 1 aliphatic rings. The first-order valence-corrected chi connectivity index (χ1v) is 8.39. The summed E-state index contributed by atoms with van der Waals surface area (Å²) >= 11 is 7.54. The van der Waals surface area contributed by atoms with Crippen LogP contribution in [0.2, 0.25) is 0 Å². The molecule has 0 saturated heterocycles. The van der Waals surface area contributed by atoms with Crippen LogP contribution in [0.15, 0.2) is 29.2 Å². The number of alkyl halides is 1. The van der Waals surface area contributed by atoms with Crippen LogP contribution in [-0.2, 0) is 9.59 Å². The number of carbonyl (C=O) groups is 2. The molecule has 5 heteroatoms. The largest absolute Gasteiger partial charge is 0.273 e. The van der Waals surface area contributed by atoms with Crippen molar-refractivity contribution in [3.8, 4) is 0 Å². The predicted molar refractivity (Wildman–Crippen MR) is 87.9 cm³/mol. The van der Waals surface area contributed by atoms with Crippen LogP contribution in [0.4, 0.5) is 5.69 Å². The van der Waals surface area contributed by atoms with Gasteiger partial charge in [-0.2, -0.15) is 0 Å². The quantitative estimate of drug-likeness (QED) is 0.773. The molecular formula is C16H20ClNO2S. The number of benzene rings is 1. The maximum Gasteiger partial charge on any atom is 0.240 e. The SMILES string of the molecule is CC(C)(CCl)C(=O)N1C(=O)C(C)(C)CSc2ccccc21. The summed E-state index contributed by atoms with van der Waals surface area (Å²) in [6, 6.07) is 7.54. The molecule has 0 bridgehead atoms. The predicted octanol–water partition coefficient (Wildman–Crippen LogP) is 3.94. The van der Waals surface area contributed by atoms with E-state index in [-0.39, 0.29) is 17.7 Å². The molecule has 0 N–H and O–H groups in total. The van der Waals surface area contributed by atoms with Crippen molar-refractivity contribution in [3.05, 3.63) is 24.3 Å². The maximum atomic E-state index is 12.9. The zero-order chi connectivity index (χ0) is 15.8. The number of amides is 2. The number of thioether (sulfide) groups is 1. The minimum absolute atomic E-state index is 0.164. The highest BCUT2D eigenvalue weighted by atomic mass is 35.5. The van der Waals surface area contributed by atoms with E-state index in [0.29, 0.717) is 11.4 Å². The van der Waals surface area contributed by atoms with Gasteiger partial charge in [-0.15, -0.1) is 23.4 Å². The molecule has 1 aromatic rings. The monoisotopic (exact) mass is 325 g/mol. The number of rotatable bonds is 2. The van der Waals surface area contributed by atoms with Crippen LogP contribution in [0.3, 0.4) is 0 Å². The van der Waals surface area contributed by atoms with E-state index < -0.39 is 10.8 Å². The summed E-state index contributed by atoms with van der Waals surface area (Å²) in [5, 5.41) is 0. The van der Waals surface area contributed by atoms with Crippen LogP contribution in [0, 0.1) is 10.8 Å². The van der Waals surface area contributed by atoms with Gasteiger partial charge in [0.25, 0.3) is 0 Å². The van der Waals surface area contributed by atoms with E-state index in [1.807, 2.05) is 38.1 Å². The van der Waals surface area contributed by atoms with Crippen molar-refractivity contribution in [2.45, 2.75) is 32.6 Å². The van der Waals surface area contributed by atoms with Crippen LogP contribution in [0.5, 0.6) is 0 Å². The molecule has 1 heterocycles. The highest BCUT2D eigenvalue weighted by Crippen LogP contribution is 2.42. The molecular weight excluding hydrogens is 306 g/mol. The second-order valence-electron chi connectivity index (χ2n) is 6.60. The summed E-state index contributed by atoms with van der Waals surface area (Å²) in [6.07, 6.45) is 0. The van der Waals surface area contributed by atoms with Gasteiger partial charge in [-0.05, 0) is 26.0 Å². The highest BCUT2D eigenvalue weighted by Gasteiger charge is 2.43. The average Bonchev–Trinajstić information content (AvgIpc) is 2.55. The molecule has 0 atom stereocenters. The van der Waals surface area contributed by atoms with E-state index in [0.717, 1.165) is 4.90 Å². The van der Waals surface area contributed by atoms with Crippen LogP contribution in [-0.4, -0.2) is 23.4 Å². The first-order valence-electron chi connectivity index (χ1n) is 6.87. The summed E-state index contributed by atoms with van der Waals surface area (Å²) in [4.78, 5) is 28.0. The summed E-state index contributed by atoms with van der Waals surface area (Å²) in [5.41, 5.74) is -0.710. The molecule has 21 heavy (non-hydrogen) atoms. The smallest absolute Gasteiger partial charge is 0.240 e. The fourth-order valence-corrected chi connectivity index (χ4v) is 3.29. The van der Waals surface area contributed by atoms with Gasteiger partial charge in [-0.1, -0.05) is 26.0 Å². The topological polar surface area (TPSA) is 37.4 Å². The van der Waals surface area contributed by atoms with Gasteiger partial charge in [0.05, 0.1) is 16.5 Å². The molecule has 0 aromatic heterocycles. The van der Waals surface area contributed by atoms with Gasteiger partial charge in [-0.3, -0.25) is 9.59 Å². The van der Waals surface area contributed by atoms with Crippen molar-refractivity contribution in [2.75, 3.05) is 16.5 Å². The standard InChI is InChI=1S/C16H20ClNO2S/c1-15(2,9-17)13(19)18-11-7-5-6-8-12(11)21-10-16(3,4)14(18)20/h5-8H,9-10H2,1-4H3. The number of fused-ring (bicyclic) bond motifs is 1. The summed E-state index contributed by atoms with van der Waals surface area (Å²) < 4.78 is 0. The lowest BCUT2D eigenvalue weighted by Gasteiger charge is -2.32. The van der Waals surface area contributed by atoms with Crippen LogP contribution < -0.4 is 4.90 Å². The van der Waals surface area contributed by atoms with Crippen molar-refractivity contribution in [3.63, 3.8) is 0 Å². The van der Waals surface area contributed by atoms with Crippen LogP contribution in [0.1, 0.15) is 27.7 Å². The number of nitrogens with zero attached hydrogens (tertiary/aromatic N) is 1. The van der Waals surface area contributed by atoms with Crippen molar-refractivity contribution < 1.29 is 9.59 Å². The number of hydrogen-bond acceptors (Lipinski definition) is 3. The van der Waals surface area contributed by atoms with Crippen molar-refractivity contribution in [2.24, 2.45) is 10.8 Å². The zero-order valence-electron chi connectivity index (χ0n) is 12.8. The van der Waals surface area contributed by atoms with E-state index in [1.54, 1.807) is 25.6 Å². The summed E-state index contributed by atoms with van der Waals surface area (Å²) in [7, 11) is 0. The summed E-state index contributed by atoms with van der Waals surface area (Å²) in [6.45, 7) is 7.29. The molecule has 1 aliphatic heterocycles. The van der Waals surface area contributed by atoms with E-state index >= 15 is 0 Å². The molecule has 0 radical (unpaired) electrons. The highest BCUT2D eigenvalue weighted by molar-refractivity contribution is 7.99. The third kappa shape index (κ3) is 2.97. The van der Waals surface area contributed by atoms with Crippen molar-refractivity contribution in [1.82, 2.24) is 0 Å². The van der Waals surface area contributed by atoms with Gasteiger partial charge in [0.1, 0.15) is 0 Å². The lowest BCUT2D eigenvalue weighted by Crippen LogP contribution is -2.50. The van der Waals surface area contributed by atoms with E-state index in [1.165, 1.54) is 4.90 Å². The Morgan fingerprint density at radius 1 is 1.38 bits per heavy atom. The second-order valence-corrected chi connectivity index (χ2v) is 7.89. The van der Waals surface area contributed by atoms with E-state index in [2.05, 4.69) is 0 Å². The van der Waals surface area contributed by atoms with Gasteiger partial charge in [0.2, 0.25) is 11.8 Å². The minimum Gasteiger partial charge on any atom is -0.273 e. The zero-order valence-corrected chi connectivity index (χ0v) is 14.3. The Morgan fingerprint density at radius 2 is 2.00 bits per heavy atom. The molecule has 3 nitrogen and oxygen atoms in total. The number of para-hydroxylation sites is 1. The molecule has 0 fully saturated rings. The number of halogens is 1. The second kappa shape index (κ2) is 5.65. The lowest BCUT2D eigenvalue weighted by atomic mass is 9.90. The lowest BCUT2D eigenvalue weighted by molar-refractivity contribution is -0.134. The first kappa shape index (κ1) is 16.4. The number of hydrogen-bond donors (Lipinski definition) is 0. The molecule has 0 unspecified atom stereocenters. The first-order chi connectivity index (χ1) is 9.70. The Balaban J connectivity index is 2.58.